The number of thiol groups is 1. The quantitative estimate of drug-likeness (QED) is 0.129. The van der Waals surface area contributed by atoms with E-state index >= 15 is 0 Å². The van der Waals surface area contributed by atoms with Crippen LogP contribution in [0, 0.1) is 0 Å². The predicted octanol–water partition coefficient (Wildman–Crippen LogP) is 1.75. The predicted molar refractivity (Wildman–Crippen MR) is 155 cm³/mol. The van der Waals surface area contributed by atoms with Crippen LogP contribution in [0.3, 0.4) is 0 Å². The number of esters is 2. The Morgan fingerprint density at radius 1 is 0.837 bits per heavy atom. The Morgan fingerprint density at radius 3 is 1.88 bits per heavy atom. The molecule has 1 rings (SSSR count). The molecule has 0 heterocycles. The Hall–Kier alpha value is -3.25. The minimum Gasteiger partial charge on any atom is -0.464 e. The lowest BCUT2D eigenvalue weighted by Gasteiger charge is -2.19. The molecule has 3 unspecified atom stereocenters. The van der Waals surface area contributed by atoms with Gasteiger partial charge in [0.05, 0.1) is 17.7 Å². The second kappa shape index (κ2) is 17.8. The summed E-state index contributed by atoms with van der Waals surface area (Å²) in [5.74, 6) is -5.47. The first-order valence-corrected chi connectivity index (χ1v) is 15.0. The van der Waals surface area contributed by atoms with Crippen LogP contribution in [0.15, 0.2) is 18.2 Å². The van der Waals surface area contributed by atoms with Crippen molar-refractivity contribution in [1.82, 2.24) is 16.0 Å². The van der Waals surface area contributed by atoms with Gasteiger partial charge >= 0.3 is 18.1 Å². The summed E-state index contributed by atoms with van der Waals surface area (Å²) in [6.45, 7) is 4.93. The Kier molecular flexibility index (Phi) is 15.6. The number of halogens is 3. The van der Waals surface area contributed by atoms with Crippen molar-refractivity contribution in [1.29, 1.82) is 0 Å². The van der Waals surface area contributed by atoms with Crippen LogP contribution in [0.1, 0.15) is 43.6 Å². The number of hydrogen-bond acceptors (Lipinski definition) is 12. The standard InChI is InChI=1S/C25H30F3N3O9S3/c1-5-39-21(35)18(30-13(3)33)10-43-24(38)19(31-14(4)34)11-42-23(37)16-7-6-15(25(26,27)28)8-20(16)40-22(36)17(9-41)29-12(2)32/h6-8,17-19,41H,5,9-11H2,1-4H3,(H,29,32)(H,30,33)(H,31,34). The van der Waals surface area contributed by atoms with Gasteiger partial charge in [-0.15, -0.1) is 0 Å². The third kappa shape index (κ3) is 13.3. The average molecular weight is 670 g/mol. The van der Waals surface area contributed by atoms with Crippen LogP contribution in [0.5, 0.6) is 5.75 Å². The number of benzene rings is 1. The lowest BCUT2D eigenvalue weighted by molar-refractivity contribution is -0.146. The molecular formula is C25H30F3N3O9S3. The zero-order valence-electron chi connectivity index (χ0n) is 23.4. The normalized spacial score (nSPS) is 13.1. The zero-order chi connectivity index (χ0) is 32.9. The SMILES string of the molecule is CCOC(=O)C(CSC(=O)C(CSC(=O)c1ccc(C(F)(F)F)cc1OC(=O)C(CS)NC(C)=O)NC(C)=O)NC(C)=O. The van der Waals surface area contributed by atoms with Crippen molar-refractivity contribution in [3.05, 3.63) is 29.3 Å². The number of hydrogen-bond donors (Lipinski definition) is 4. The highest BCUT2D eigenvalue weighted by Crippen LogP contribution is 2.34. The van der Waals surface area contributed by atoms with E-state index in [0.717, 1.165) is 26.8 Å². The van der Waals surface area contributed by atoms with Crippen molar-refractivity contribution in [2.45, 2.75) is 52.0 Å². The first kappa shape index (κ1) is 37.8. The van der Waals surface area contributed by atoms with Crippen molar-refractivity contribution in [3.63, 3.8) is 0 Å². The molecule has 3 amide bonds. The minimum atomic E-state index is -4.85. The highest BCUT2D eigenvalue weighted by atomic mass is 32.2. The third-order valence-corrected chi connectivity index (χ3v) is 7.38. The van der Waals surface area contributed by atoms with E-state index < -0.39 is 86.8 Å². The maximum atomic E-state index is 13.4. The summed E-state index contributed by atoms with van der Waals surface area (Å²) < 4.78 is 50.0. The van der Waals surface area contributed by atoms with Crippen molar-refractivity contribution in [3.8, 4) is 5.75 Å². The summed E-state index contributed by atoms with van der Waals surface area (Å²) in [4.78, 5) is 85.1. The van der Waals surface area contributed by atoms with E-state index in [4.69, 9.17) is 9.47 Å². The van der Waals surface area contributed by atoms with Crippen LogP contribution in [-0.4, -0.2) is 81.9 Å². The molecule has 0 bridgehead atoms. The molecule has 3 N–H and O–H groups in total. The molecule has 0 saturated heterocycles. The first-order chi connectivity index (χ1) is 20.0. The smallest absolute Gasteiger partial charge is 0.416 e. The van der Waals surface area contributed by atoms with E-state index in [-0.39, 0.29) is 18.1 Å². The minimum absolute atomic E-state index is 0.0184. The number of rotatable bonds is 14. The second-order valence-electron chi connectivity index (χ2n) is 8.55. The van der Waals surface area contributed by atoms with Crippen molar-refractivity contribution >= 4 is 76.0 Å². The average Bonchev–Trinajstić information content (AvgIpc) is 2.90. The first-order valence-electron chi connectivity index (χ1n) is 12.4. The molecule has 3 atom stereocenters. The van der Waals surface area contributed by atoms with Crippen molar-refractivity contribution in [2.24, 2.45) is 0 Å². The molecule has 0 spiro atoms. The van der Waals surface area contributed by atoms with E-state index in [2.05, 4.69) is 28.6 Å². The Labute approximate surface area is 258 Å². The summed E-state index contributed by atoms with van der Waals surface area (Å²) in [5.41, 5.74) is -1.68. The fourth-order valence-electron chi connectivity index (χ4n) is 3.13. The molecular weight excluding hydrogens is 639 g/mol. The molecule has 0 radical (unpaired) electrons. The molecule has 0 saturated carbocycles. The molecule has 0 aliphatic heterocycles. The summed E-state index contributed by atoms with van der Waals surface area (Å²) in [6.07, 6.45) is -4.85. The lowest BCUT2D eigenvalue weighted by Crippen LogP contribution is -2.44. The highest BCUT2D eigenvalue weighted by molar-refractivity contribution is 8.15. The van der Waals surface area contributed by atoms with Gasteiger partial charge in [0.1, 0.15) is 23.9 Å². The van der Waals surface area contributed by atoms with E-state index in [9.17, 15) is 46.7 Å². The van der Waals surface area contributed by atoms with Crippen molar-refractivity contribution < 1.29 is 56.2 Å². The van der Waals surface area contributed by atoms with Crippen LogP contribution < -0.4 is 20.7 Å². The summed E-state index contributed by atoms with van der Waals surface area (Å²) in [7, 11) is 0. The monoisotopic (exact) mass is 669 g/mol. The molecule has 0 aliphatic rings. The molecule has 238 valence electrons. The Bertz CT molecular complexity index is 1230. The maximum Gasteiger partial charge on any atom is 0.416 e. The molecule has 0 aliphatic carbocycles. The van der Waals surface area contributed by atoms with Gasteiger partial charge in [-0.05, 0) is 25.1 Å². The number of ether oxygens (including phenoxy) is 2. The largest absolute Gasteiger partial charge is 0.464 e. The number of amides is 3. The summed E-state index contributed by atoms with van der Waals surface area (Å²) in [5, 5.41) is 5.32. The van der Waals surface area contributed by atoms with Gasteiger partial charge in [-0.25, -0.2) is 9.59 Å². The molecule has 0 aromatic heterocycles. The fraction of sp³-hybridized carbons (Fsp3) is 0.480. The third-order valence-electron chi connectivity index (χ3n) is 4.97. The topological polar surface area (TPSA) is 174 Å². The van der Waals surface area contributed by atoms with Gasteiger partial charge in [0.15, 0.2) is 0 Å². The van der Waals surface area contributed by atoms with Crippen LogP contribution >= 0.6 is 36.2 Å². The van der Waals surface area contributed by atoms with Crippen molar-refractivity contribution in [2.75, 3.05) is 23.9 Å². The maximum absolute atomic E-state index is 13.4. The van der Waals surface area contributed by atoms with Crippen LogP contribution in [0.25, 0.3) is 0 Å². The van der Waals surface area contributed by atoms with E-state index in [0.29, 0.717) is 35.7 Å². The molecule has 1 aromatic carbocycles. The molecule has 1 aromatic rings. The van der Waals surface area contributed by atoms with Crippen LogP contribution in [-0.2, 0) is 39.7 Å². The van der Waals surface area contributed by atoms with Gasteiger partial charge in [0, 0.05) is 38.0 Å². The van der Waals surface area contributed by atoms with Gasteiger partial charge in [-0.1, -0.05) is 23.5 Å². The van der Waals surface area contributed by atoms with Gasteiger partial charge in [-0.3, -0.25) is 24.0 Å². The van der Waals surface area contributed by atoms with E-state index in [1.54, 1.807) is 6.92 Å². The summed E-state index contributed by atoms with van der Waals surface area (Å²) in [6, 6.07) is -1.98. The highest BCUT2D eigenvalue weighted by Gasteiger charge is 2.33. The number of nitrogens with one attached hydrogen (secondary N) is 3. The summed E-state index contributed by atoms with van der Waals surface area (Å²) >= 11 is 4.93. The van der Waals surface area contributed by atoms with Gasteiger partial charge < -0.3 is 25.4 Å². The van der Waals surface area contributed by atoms with Gasteiger partial charge in [0.2, 0.25) is 28.0 Å². The molecule has 18 heteroatoms. The molecule has 0 fully saturated rings. The molecule has 12 nitrogen and oxygen atoms in total. The Morgan fingerprint density at radius 2 is 1.37 bits per heavy atom. The number of alkyl halides is 3. The van der Waals surface area contributed by atoms with Crippen LogP contribution in [0.2, 0.25) is 0 Å². The number of carbonyl (C=O) groups is 7. The van der Waals surface area contributed by atoms with Gasteiger partial charge in [-0.2, -0.15) is 25.8 Å². The molecule has 43 heavy (non-hydrogen) atoms. The Balaban J connectivity index is 3.18. The number of thioether (sulfide) groups is 2. The van der Waals surface area contributed by atoms with Crippen LogP contribution in [0.4, 0.5) is 13.2 Å². The van der Waals surface area contributed by atoms with E-state index in [1.165, 1.54) is 0 Å². The lowest BCUT2D eigenvalue weighted by atomic mass is 10.1. The van der Waals surface area contributed by atoms with Gasteiger partial charge in [0.25, 0.3) is 0 Å². The fourth-order valence-corrected chi connectivity index (χ4v) is 5.25. The second-order valence-corrected chi connectivity index (χ2v) is 10.9. The zero-order valence-corrected chi connectivity index (χ0v) is 25.9. The van der Waals surface area contributed by atoms with E-state index in [1.807, 2.05) is 0 Å². The number of carbonyl (C=O) groups excluding carboxylic acids is 7.